The lowest BCUT2D eigenvalue weighted by Gasteiger charge is -2.14. The first-order valence-electron chi connectivity index (χ1n) is 9.81. The Labute approximate surface area is 181 Å². The lowest BCUT2D eigenvalue weighted by atomic mass is 10.1. The van der Waals surface area contributed by atoms with Crippen LogP contribution in [-0.2, 0) is 13.2 Å². The number of nitrogens with zero attached hydrogens (tertiary/aromatic N) is 3. The summed E-state index contributed by atoms with van der Waals surface area (Å²) in [5, 5.41) is 3.66. The van der Waals surface area contributed by atoms with Crippen molar-refractivity contribution in [2.24, 2.45) is 0 Å². The van der Waals surface area contributed by atoms with Crippen molar-refractivity contribution < 1.29 is 9.53 Å². The Morgan fingerprint density at radius 2 is 1.90 bits per heavy atom. The van der Waals surface area contributed by atoms with Crippen molar-refractivity contribution in [3.8, 4) is 5.88 Å². The molecule has 3 aromatic rings. The van der Waals surface area contributed by atoms with Gasteiger partial charge < -0.3 is 10.1 Å². The monoisotopic (exact) mass is 422 g/mol. The van der Waals surface area contributed by atoms with Crippen LogP contribution in [0, 0.1) is 6.92 Å². The highest BCUT2D eigenvalue weighted by Crippen LogP contribution is 2.23. The molecule has 1 amide bonds. The predicted octanol–water partition coefficient (Wildman–Crippen LogP) is 4.53. The first kappa shape index (κ1) is 21.8. The van der Waals surface area contributed by atoms with Gasteiger partial charge in [-0.15, -0.1) is 11.8 Å². The molecule has 0 bridgehead atoms. The highest BCUT2D eigenvalue weighted by Gasteiger charge is 2.19. The zero-order valence-electron chi connectivity index (χ0n) is 17.7. The maximum Gasteiger partial charge on any atom is 0.256 e. The molecule has 0 atom stereocenters. The number of carbonyl (C=O) groups is 1. The summed E-state index contributed by atoms with van der Waals surface area (Å²) in [6, 6.07) is 13.6. The van der Waals surface area contributed by atoms with Crippen LogP contribution in [0.15, 0.2) is 53.7 Å². The molecule has 0 aliphatic rings. The van der Waals surface area contributed by atoms with Crippen molar-refractivity contribution in [1.82, 2.24) is 20.3 Å². The van der Waals surface area contributed by atoms with Crippen LogP contribution in [0.25, 0.3) is 0 Å². The zero-order chi connectivity index (χ0) is 21.5. The number of nitrogens with one attached hydrogen (secondary N) is 1. The van der Waals surface area contributed by atoms with Gasteiger partial charge in [0.05, 0.1) is 11.3 Å². The van der Waals surface area contributed by atoms with Crippen molar-refractivity contribution in [2.45, 2.75) is 44.9 Å². The van der Waals surface area contributed by atoms with Crippen LogP contribution in [0.5, 0.6) is 5.88 Å². The molecule has 3 rings (SSSR count). The Bertz CT molecular complexity index is 1010. The van der Waals surface area contributed by atoms with E-state index >= 15 is 0 Å². The number of rotatable bonds is 8. The lowest BCUT2D eigenvalue weighted by Crippen LogP contribution is -2.26. The van der Waals surface area contributed by atoms with Gasteiger partial charge in [0.1, 0.15) is 17.5 Å². The molecule has 0 saturated carbocycles. The van der Waals surface area contributed by atoms with Gasteiger partial charge >= 0.3 is 0 Å². The van der Waals surface area contributed by atoms with E-state index in [0.29, 0.717) is 35.3 Å². The molecule has 6 nitrogen and oxygen atoms in total. The SMILES string of the molecule is CSc1nc(C(C)C)nc(C)c1C(=O)NCc1cccnc1OCc1ccccc1. The average Bonchev–Trinajstić information content (AvgIpc) is 2.76. The molecule has 0 fully saturated rings. The topological polar surface area (TPSA) is 77.0 Å². The van der Waals surface area contributed by atoms with E-state index in [-0.39, 0.29) is 11.8 Å². The molecule has 0 unspecified atom stereocenters. The summed E-state index contributed by atoms with van der Waals surface area (Å²) in [7, 11) is 0. The lowest BCUT2D eigenvalue weighted by molar-refractivity contribution is 0.0945. The second-order valence-corrected chi connectivity index (χ2v) is 7.93. The Kier molecular flexibility index (Phi) is 7.41. The number of hydrogen-bond acceptors (Lipinski definition) is 6. The number of aromatic nitrogens is 3. The number of pyridine rings is 1. The molecule has 156 valence electrons. The molecule has 0 spiro atoms. The summed E-state index contributed by atoms with van der Waals surface area (Å²) in [6.07, 6.45) is 3.60. The Morgan fingerprint density at radius 3 is 2.60 bits per heavy atom. The Hall–Kier alpha value is -2.93. The first-order chi connectivity index (χ1) is 14.5. The number of ether oxygens (including phenoxy) is 1. The molecule has 2 heterocycles. The normalized spacial score (nSPS) is 10.8. The van der Waals surface area contributed by atoms with Crippen LogP contribution in [0.1, 0.15) is 52.8 Å². The maximum absolute atomic E-state index is 12.9. The van der Waals surface area contributed by atoms with Crippen LogP contribution in [0.2, 0.25) is 0 Å². The average molecular weight is 423 g/mol. The molecule has 0 aliphatic heterocycles. The van der Waals surface area contributed by atoms with Gasteiger partial charge in [0, 0.05) is 24.2 Å². The fourth-order valence-corrected chi connectivity index (χ4v) is 3.54. The van der Waals surface area contributed by atoms with Crippen molar-refractivity contribution in [3.63, 3.8) is 0 Å². The summed E-state index contributed by atoms with van der Waals surface area (Å²) in [5.41, 5.74) is 3.07. The fourth-order valence-electron chi connectivity index (χ4n) is 2.91. The molecule has 2 aromatic heterocycles. The largest absolute Gasteiger partial charge is 0.473 e. The quantitative estimate of drug-likeness (QED) is 0.424. The van der Waals surface area contributed by atoms with Crippen LogP contribution in [-0.4, -0.2) is 27.1 Å². The summed E-state index contributed by atoms with van der Waals surface area (Å²) in [5.74, 6) is 1.25. The van der Waals surface area contributed by atoms with Crippen LogP contribution in [0.3, 0.4) is 0 Å². The van der Waals surface area contributed by atoms with Gasteiger partial charge in [0.2, 0.25) is 5.88 Å². The summed E-state index contributed by atoms with van der Waals surface area (Å²) in [6.45, 7) is 6.64. The second-order valence-electron chi connectivity index (χ2n) is 7.13. The van der Waals surface area contributed by atoms with E-state index in [4.69, 9.17) is 4.74 Å². The number of amides is 1. The van der Waals surface area contributed by atoms with Crippen molar-refractivity contribution in [2.75, 3.05) is 6.26 Å². The third-order valence-corrected chi connectivity index (χ3v) is 5.20. The van der Waals surface area contributed by atoms with Crippen molar-refractivity contribution >= 4 is 17.7 Å². The molecule has 0 saturated heterocycles. The summed E-state index contributed by atoms with van der Waals surface area (Å²) >= 11 is 1.45. The molecule has 1 N–H and O–H groups in total. The number of aryl methyl sites for hydroxylation is 1. The van der Waals surface area contributed by atoms with E-state index in [0.717, 1.165) is 17.0 Å². The Morgan fingerprint density at radius 1 is 1.13 bits per heavy atom. The molecule has 0 aliphatic carbocycles. The molecule has 1 aromatic carbocycles. The predicted molar refractivity (Wildman–Crippen MR) is 119 cm³/mol. The van der Waals surface area contributed by atoms with E-state index in [9.17, 15) is 4.79 Å². The van der Waals surface area contributed by atoms with Gasteiger partial charge in [-0.2, -0.15) is 0 Å². The molecular formula is C23H26N4O2S. The number of benzene rings is 1. The van der Waals surface area contributed by atoms with Gasteiger partial charge in [-0.1, -0.05) is 50.2 Å². The van der Waals surface area contributed by atoms with Crippen LogP contribution < -0.4 is 10.1 Å². The minimum Gasteiger partial charge on any atom is -0.473 e. The van der Waals surface area contributed by atoms with E-state index in [1.807, 2.05) is 69.5 Å². The highest BCUT2D eigenvalue weighted by molar-refractivity contribution is 7.98. The van der Waals surface area contributed by atoms with Crippen molar-refractivity contribution in [1.29, 1.82) is 0 Å². The third kappa shape index (κ3) is 5.36. The smallest absolute Gasteiger partial charge is 0.256 e. The van der Waals surface area contributed by atoms with Gasteiger partial charge in [-0.3, -0.25) is 4.79 Å². The summed E-state index contributed by atoms with van der Waals surface area (Å²) in [4.78, 5) is 26.3. The molecule has 0 radical (unpaired) electrons. The standard InChI is InChI=1S/C23H26N4O2S/c1-15(2)20-26-16(3)19(23(27-20)30-4)21(28)25-13-18-11-8-12-24-22(18)29-14-17-9-6-5-7-10-17/h5-12,15H,13-14H2,1-4H3,(H,25,28). The third-order valence-electron chi connectivity index (χ3n) is 4.52. The van der Waals surface area contributed by atoms with E-state index in [1.54, 1.807) is 6.20 Å². The van der Waals surface area contributed by atoms with E-state index in [1.165, 1.54) is 11.8 Å². The van der Waals surface area contributed by atoms with Crippen LogP contribution >= 0.6 is 11.8 Å². The zero-order valence-corrected chi connectivity index (χ0v) is 18.5. The second kappa shape index (κ2) is 10.2. The van der Waals surface area contributed by atoms with Crippen molar-refractivity contribution in [3.05, 3.63) is 76.9 Å². The van der Waals surface area contributed by atoms with Gasteiger partial charge in [-0.25, -0.2) is 15.0 Å². The molecule has 30 heavy (non-hydrogen) atoms. The van der Waals surface area contributed by atoms with Gasteiger partial charge in [0.25, 0.3) is 5.91 Å². The highest BCUT2D eigenvalue weighted by atomic mass is 32.2. The van der Waals surface area contributed by atoms with Gasteiger partial charge in [-0.05, 0) is 24.8 Å². The number of hydrogen-bond donors (Lipinski definition) is 1. The fraction of sp³-hybridized carbons (Fsp3) is 0.304. The molecular weight excluding hydrogens is 396 g/mol. The van der Waals surface area contributed by atoms with Crippen LogP contribution in [0.4, 0.5) is 0 Å². The number of carbonyl (C=O) groups excluding carboxylic acids is 1. The van der Waals surface area contributed by atoms with Gasteiger partial charge in [0.15, 0.2) is 0 Å². The van der Waals surface area contributed by atoms with E-state index in [2.05, 4.69) is 20.3 Å². The first-order valence-corrected chi connectivity index (χ1v) is 11.0. The maximum atomic E-state index is 12.9. The Balaban J connectivity index is 1.72. The summed E-state index contributed by atoms with van der Waals surface area (Å²) < 4.78 is 5.88. The minimum atomic E-state index is -0.204. The number of thioether (sulfide) groups is 1. The minimum absolute atomic E-state index is 0.200. The van der Waals surface area contributed by atoms with E-state index < -0.39 is 0 Å². The molecule has 7 heteroatoms.